The van der Waals surface area contributed by atoms with Gasteiger partial charge in [-0.25, -0.2) is 0 Å². The molecule has 5 nitrogen and oxygen atoms in total. The van der Waals surface area contributed by atoms with Gasteiger partial charge in [-0.1, -0.05) is 17.0 Å². The lowest BCUT2D eigenvalue weighted by Crippen LogP contribution is -2.12. The molecule has 0 unspecified atom stereocenters. The predicted molar refractivity (Wildman–Crippen MR) is 76.3 cm³/mol. The Morgan fingerprint density at radius 1 is 1.35 bits per heavy atom. The molecule has 2 aromatic rings. The van der Waals surface area contributed by atoms with Crippen molar-refractivity contribution in [2.24, 2.45) is 5.73 Å². The van der Waals surface area contributed by atoms with E-state index < -0.39 is 0 Å². The van der Waals surface area contributed by atoms with Gasteiger partial charge in [-0.05, 0) is 37.6 Å². The average molecular weight is 269 g/mol. The van der Waals surface area contributed by atoms with E-state index in [0.717, 1.165) is 11.1 Å². The number of amides is 1. The van der Waals surface area contributed by atoms with E-state index >= 15 is 0 Å². The standard InChI is InChI=1S/C15H15N3O2/c1-10-6-12(4-3-5-16)9-13(7-10)15(19)17-14-8-11(2)20-18-14/h6-9H,5,16H2,1-2H3,(H,17,18,19). The van der Waals surface area contributed by atoms with E-state index in [1.54, 1.807) is 25.1 Å². The lowest BCUT2D eigenvalue weighted by Gasteiger charge is -2.04. The highest BCUT2D eigenvalue weighted by Crippen LogP contribution is 2.13. The monoisotopic (exact) mass is 269 g/mol. The number of hydrogen-bond donors (Lipinski definition) is 2. The molecule has 1 aromatic carbocycles. The molecule has 0 aliphatic carbocycles. The molecule has 0 atom stereocenters. The minimum absolute atomic E-state index is 0.252. The summed E-state index contributed by atoms with van der Waals surface area (Å²) in [5.41, 5.74) is 7.58. The normalized spacial score (nSPS) is 9.75. The maximum Gasteiger partial charge on any atom is 0.256 e. The summed E-state index contributed by atoms with van der Waals surface area (Å²) >= 11 is 0. The Morgan fingerprint density at radius 3 is 2.80 bits per heavy atom. The molecule has 1 amide bonds. The fourth-order valence-electron chi connectivity index (χ4n) is 1.75. The van der Waals surface area contributed by atoms with Gasteiger partial charge < -0.3 is 15.6 Å². The van der Waals surface area contributed by atoms with Crippen LogP contribution in [0, 0.1) is 25.7 Å². The maximum atomic E-state index is 12.1. The van der Waals surface area contributed by atoms with Gasteiger partial charge in [-0.3, -0.25) is 4.79 Å². The van der Waals surface area contributed by atoms with Crippen LogP contribution in [0.15, 0.2) is 28.8 Å². The van der Waals surface area contributed by atoms with Crippen LogP contribution in [-0.2, 0) is 0 Å². The molecule has 102 valence electrons. The van der Waals surface area contributed by atoms with Crippen LogP contribution in [0.2, 0.25) is 0 Å². The van der Waals surface area contributed by atoms with Crippen molar-refractivity contribution in [3.63, 3.8) is 0 Å². The van der Waals surface area contributed by atoms with E-state index in [2.05, 4.69) is 22.3 Å². The molecule has 0 saturated heterocycles. The first-order valence-corrected chi connectivity index (χ1v) is 6.14. The number of aromatic nitrogens is 1. The van der Waals surface area contributed by atoms with Crippen LogP contribution in [0.4, 0.5) is 5.82 Å². The van der Waals surface area contributed by atoms with Gasteiger partial charge >= 0.3 is 0 Å². The first-order chi connectivity index (χ1) is 9.58. The van der Waals surface area contributed by atoms with Crippen LogP contribution >= 0.6 is 0 Å². The molecule has 0 fully saturated rings. The zero-order chi connectivity index (χ0) is 14.5. The van der Waals surface area contributed by atoms with Crippen molar-refractivity contribution in [1.29, 1.82) is 0 Å². The first-order valence-electron chi connectivity index (χ1n) is 6.14. The van der Waals surface area contributed by atoms with Gasteiger partial charge in [0.25, 0.3) is 5.91 Å². The molecule has 0 aliphatic rings. The number of nitrogens with two attached hydrogens (primary N) is 1. The molecule has 0 aliphatic heterocycles. The van der Waals surface area contributed by atoms with Gasteiger partial charge in [-0.15, -0.1) is 0 Å². The molecule has 5 heteroatoms. The molecule has 1 aromatic heterocycles. The number of aryl methyl sites for hydroxylation is 2. The van der Waals surface area contributed by atoms with Crippen LogP contribution < -0.4 is 11.1 Å². The fourth-order valence-corrected chi connectivity index (χ4v) is 1.75. The molecular formula is C15H15N3O2. The summed E-state index contributed by atoms with van der Waals surface area (Å²) in [6.45, 7) is 3.95. The Labute approximate surface area is 117 Å². The smallest absolute Gasteiger partial charge is 0.256 e. The van der Waals surface area contributed by atoms with Crippen molar-refractivity contribution >= 4 is 11.7 Å². The van der Waals surface area contributed by atoms with Crippen molar-refractivity contribution in [3.05, 3.63) is 46.7 Å². The van der Waals surface area contributed by atoms with Crippen molar-refractivity contribution < 1.29 is 9.32 Å². The second-order valence-corrected chi connectivity index (χ2v) is 4.37. The number of nitrogens with zero attached hydrogens (tertiary/aromatic N) is 1. The van der Waals surface area contributed by atoms with Gasteiger partial charge in [0.1, 0.15) is 5.76 Å². The van der Waals surface area contributed by atoms with Crippen molar-refractivity contribution in [2.45, 2.75) is 13.8 Å². The van der Waals surface area contributed by atoms with Crippen LogP contribution in [0.25, 0.3) is 0 Å². The molecule has 0 bridgehead atoms. The maximum absolute atomic E-state index is 12.1. The molecule has 0 saturated carbocycles. The zero-order valence-corrected chi connectivity index (χ0v) is 11.4. The highest BCUT2D eigenvalue weighted by atomic mass is 16.5. The molecule has 3 N–H and O–H groups in total. The quantitative estimate of drug-likeness (QED) is 0.815. The summed E-state index contributed by atoms with van der Waals surface area (Å²) in [6, 6.07) is 7.07. The fraction of sp³-hybridized carbons (Fsp3) is 0.200. The Morgan fingerprint density at radius 2 is 2.15 bits per heavy atom. The second-order valence-electron chi connectivity index (χ2n) is 4.37. The van der Waals surface area contributed by atoms with Crippen molar-refractivity contribution in [1.82, 2.24) is 5.16 Å². The molecule has 2 rings (SSSR count). The summed E-state index contributed by atoms with van der Waals surface area (Å²) < 4.78 is 4.90. The van der Waals surface area contributed by atoms with Crippen LogP contribution in [0.3, 0.4) is 0 Å². The largest absolute Gasteiger partial charge is 0.360 e. The number of hydrogen-bond acceptors (Lipinski definition) is 4. The van der Waals surface area contributed by atoms with Crippen LogP contribution in [0.1, 0.15) is 27.2 Å². The van der Waals surface area contributed by atoms with Gasteiger partial charge in [0.2, 0.25) is 0 Å². The third-order valence-corrected chi connectivity index (χ3v) is 2.54. The van der Waals surface area contributed by atoms with Gasteiger partial charge in [0, 0.05) is 17.2 Å². The summed E-state index contributed by atoms with van der Waals surface area (Å²) in [5, 5.41) is 6.40. The van der Waals surface area contributed by atoms with Crippen molar-refractivity contribution in [2.75, 3.05) is 11.9 Å². The number of benzene rings is 1. The Kier molecular flexibility index (Phi) is 4.18. The Hall–Kier alpha value is -2.58. The minimum atomic E-state index is -0.252. The molecule has 20 heavy (non-hydrogen) atoms. The lowest BCUT2D eigenvalue weighted by molar-refractivity contribution is 0.102. The van der Waals surface area contributed by atoms with E-state index in [4.69, 9.17) is 10.3 Å². The SMILES string of the molecule is Cc1cc(C#CCN)cc(C(=O)Nc2cc(C)on2)c1. The van der Waals surface area contributed by atoms with Gasteiger partial charge in [-0.2, -0.15) is 0 Å². The Bertz CT molecular complexity index is 693. The number of anilines is 1. The third-order valence-electron chi connectivity index (χ3n) is 2.54. The minimum Gasteiger partial charge on any atom is -0.360 e. The summed E-state index contributed by atoms with van der Waals surface area (Å²) in [6.07, 6.45) is 0. The van der Waals surface area contributed by atoms with E-state index in [9.17, 15) is 4.79 Å². The lowest BCUT2D eigenvalue weighted by atomic mass is 10.1. The number of carbonyl (C=O) groups excluding carboxylic acids is 1. The highest BCUT2D eigenvalue weighted by Gasteiger charge is 2.10. The molecule has 1 heterocycles. The van der Waals surface area contributed by atoms with Gasteiger partial charge in [0.05, 0.1) is 6.54 Å². The average Bonchev–Trinajstić information content (AvgIpc) is 2.81. The predicted octanol–water partition coefficient (Wildman–Crippen LogP) is 1.85. The third kappa shape index (κ3) is 3.46. The van der Waals surface area contributed by atoms with E-state index in [0.29, 0.717) is 17.1 Å². The molecule has 0 spiro atoms. The van der Waals surface area contributed by atoms with E-state index in [1.807, 2.05) is 13.0 Å². The number of carbonyl (C=O) groups is 1. The van der Waals surface area contributed by atoms with Gasteiger partial charge in [0.15, 0.2) is 5.82 Å². The Balaban J connectivity index is 2.23. The van der Waals surface area contributed by atoms with E-state index in [1.165, 1.54) is 0 Å². The highest BCUT2D eigenvalue weighted by molar-refractivity contribution is 6.04. The summed E-state index contributed by atoms with van der Waals surface area (Å²) in [5.74, 6) is 6.47. The summed E-state index contributed by atoms with van der Waals surface area (Å²) in [7, 11) is 0. The zero-order valence-electron chi connectivity index (χ0n) is 11.4. The summed E-state index contributed by atoms with van der Waals surface area (Å²) in [4.78, 5) is 12.1. The van der Waals surface area contributed by atoms with Crippen LogP contribution in [0.5, 0.6) is 0 Å². The molecular weight excluding hydrogens is 254 g/mol. The van der Waals surface area contributed by atoms with E-state index in [-0.39, 0.29) is 12.5 Å². The number of nitrogens with one attached hydrogen (secondary N) is 1. The molecule has 0 radical (unpaired) electrons. The van der Waals surface area contributed by atoms with Crippen LogP contribution in [-0.4, -0.2) is 17.6 Å². The first kappa shape index (κ1) is 13.8. The topological polar surface area (TPSA) is 81.2 Å². The number of rotatable bonds is 2. The second kappa shape index (κ2) is 6.04. The van der Waals surface area contributed by atoms with Crippen molar-refractivity contribution in [3.8, 4) is 11.8 Å².